The minimum atomic E-state index is -1.44. The van der Waals surface area contributed by atoms with Gasteiger partial charge < -0.3 is 5.73 Å². The lowest BCUT2D eigenvalue weighted by atomic mass is 10.1. The van der Waals surface area contributed by atoms with Crippen LogP contribution in [0.4, 0.5) is 13.2 Å². The van der Waals surface area contributed by atoms with E-state index in [0.717, 1.165) is 12.1 Å². The molecule has 0 saturated heterocycles. The average molecular weight is 187 g/mol. The Balaban J connectivity index is 2.50. The molecule has 0 bridgehead atoms. The van der Waals surface area contributed by atoms with Crippen molar-refractivity contribution in [2.45, 2.75) is 18.4 Å². The molecule has 70 valence electrons. The van der Waals surface area contributed by atoms with Crippen molar-refractivity contribution in [3.63, 3.8) is 0 Å². The predicted molar refractivity (Wildman–Crippen MR) is 41.4 cm³/mol. The lowest BCUT2D eigenvalue weighted by molar-refractivity contribution is 0.443. The number of halogens is 3. The highest BCUT2D eigenvalue weighted by molar-refractivity contribution is 5.31. The molecular formula is C9H8F3N. The summed E-state index contributed by atoms with van der Waals surface area (Å²) in [7, 11) is 0. The van der Waals surface area contributed by atoms with Crippen LogP contribution in [-0.2, 0) is 5.54 Å². The largest absolute Gasteiger partial charge is 0.321 e. The SMILES string of the molecule is NC1(c2cc(F)c(F)c(F)c2)CC1. The second-order valence-electron chi connectivity index (χ2n) is 3.41. The lowest BCUT2D eigenvalue weighted by Crippen LogP contribution is -2.19. The van der Waals surface area contributed by atoms with E-state index in [-0.39, 0.29) is 0 Å². The first-order valence-corrected chi connectivity index (χ1v) is 3.97. The number of nitrogens with two attached hydrogens (primary N) is 1. The molecule has 0 amide bonds. The molecule has 1 aromatic carbocycles. The Kier molecular flexibility index (Phi) is 1.63. The summed E-state index contributed by atoms with van der Waals surface area (Å²) in [6, 6.07) is 1.93. The van der Waals surface area contributed by atoms with Gasteiger partial charge in [-0.2, -0.15) is 0 Å². The number of rotatable bonds is 1. The zero-order valence-corrected chi connectivity index (χ0v) is 6.78. The van der Waals surface area contributed by atoms with E-state index in [1.54, 1.807) is 0 Å². The smallest absolute Gasteiger partial charge is 0.194 e. The summed E-state index contributed by atoms with van der Waals surface area (Å²) >= 11 is 0. The Morgan fingerprint density at radius 1 is 1.08 bits per heavy atom. The molecule has 4 heteroatoms. The highest BCUT2D eigenvalue weighted by Crippen LogP contribution is 2.43. The van der Waals surface area contributed by atoms with Crippen LogP contribution in [0.25, 0.3) is 0 Å². The van der Waals surface area contributed by atoms with Gasteiger partial charge in [0.1, 0.15) is 0 Å². The Hall–Kier alpha value is -1.03. The molecule has 0 aromatic heterocycles. The summed E-state index contributed by atoms with van der Waals surface area (Å²) in [5.74, 6) is -3.79. The first kappa shape index (κ1) is 8.56. The number of benzene rings is 1. The maximum absolute atomic E-state index is 12.7. The van der Waals surface area contributed by atoms with Gasteiger partial charge in [0.15, 0.2) is 17.5 Å². The Morgan fingerprint density at radius 2 is 1.54 bits per heavy atom. The van der Waals surface area contributed by atoms with Crippen molar-refractivity contribution in [1.29, 1.82) is 0 Å². The van der Waals surface area contributed by atoms with E-state index in [9.17, 15) is 13.2 Å². The van der Waals surface area contributed by atoms with Gasteiger partial charge >= 0.3 is 0 Å². The van der Waals surface area contributed by atoms with Crippen molar-refractivity contribution in [3.8, 4) is 0 Å². The zero-order chi connectivity index (χ0) is 9.64. The summed E-state index contributed by atoms with van der Waals surface area (Å²) < 4.78 is 38.0. The van der Waals surface area contributed by atoms with Crippen LogP contribution in [0.5, 0.6) is 0 Å². The maximum atomic E-state index is 12.7. The highest BCUT2D eigenvalue weighted by atomic mass is 19.2. The van der Waals surface area contributed by atoms with Gasteiger partial charge in [-0.05, 0) is 30.5 Å². The first-order chi connectivity index (χ1) is 6.03. The van der Waals surface area contributed by atoms with Crippen LogP contribution in [0.1, 0.15) is 18.4 Å². The van der Waals surface area contributed by atoms with Gasteiger partial charge in [0, 0.05) is 5.54 Å². The highest BCUT2D eigenvalue weighted by Gasteiger charge is 2.40. The van der Waals surface area contributed by atoms with Crippen molar-refractivity contribution in [2.24, 2.45) is 5.73 Å². The third kappa shape index (κ3) is 1.31. The summed E-state index contributed by atoms with van der Waals surface area (Å²) in [4.78, 5) is 0. The molecule has 0 heterocycles. The Morgan fingerprint density at radius 3 is 1.92 bits per heavy atom. The molecule has 0 atom stereocenters. The summed E-state index contributed by atoms with van der Waals surface area (Å²) in [5, 5.41) is 0. The van der Waals surface area contributed by atoms with Gasteiger partial charge in [0.2, 0.25) is 0 Å². The van der Waals surface area contributed by atoms with Crippen molar-refractivity contribution >= 4 is 0 Å². The molecule has 2 rings (SSSR count). The van der Waals surface area contributed by atoms with E-state index in [0.29, 0.717) is 18.4 Å². The monoisotopic (exact) mass is 187 g/mol. The van der Waals surface area contributed by atoms with Crippen LogP contribution < -0.4 is 5.73 Å². The second kappa shape index (κ2) is 2.48. The maximum Gasteiger partial charge on any atom is 0.194 e. The molecule has 1 nitrogen and oxygen atoms in total. The molecule has 1 aliphatic rings. The van der Waals surface area contributed by atoms with E-state index in [1.807, 2.05) is 0 Å². The van der Waals surface area contributed by atoms with E-state index < -0.39 is 23.0 Å². The molecule has 2 N–H and O–H groups in total. The molecule has 0 radical (unpaired) electrons. The van der Waals surface area contributed by atoms with Gasteiger partial charge in [-0.25, -0.2) is 13.2 Å². The molecule has 1 fully saturated rings. The third-order valence-electron chi connectivity index (χ3n) is 2.35. The fraction of sp³-hybridized carbons (Fsp3) is 0.333. The standard InChI is InChI=1S/C9H8F3N/c10-6-3-5(9(13)1-2-9)4-7(11)8(6)12/h3-4H,1-2,13H2. The van der Waals surface area contributed by atoms with Gasteiger partial charge in [-0.1, -0.05) is 0 Å². The van der Waals surface area contributed by atoms with Crippen LogP contribution in [0, 0.1) is 17.5 Å². The van der Waals surface area contributed by atoms with Gasteiger partial charge in [-0.3, -0.25) is 0 Å². The van der Waals surface area contributed by atoms with Crippen molar-refractivity contribution in [2.75, 3.05) is 0 Å². The quantitative estimate of drug-likeness (QED) is 0.669. The first-order valence-electron chi connectivity index (χ1n) is 3.97. The van der Waals surface area contributed by atoms with Crippen LogP contribution in [0.2, 0.25) is 0 Å². The minimum Gasteiger partial charge on any atom is -0.321 e. The van der Waals surface area contributed by atoms with Crippen molar-refractivity contribution in [1.82, 2.24) is 0 Å². The molecular weight excluding hydrogens is 179 g/mol. The fourth-order valence-electron chi connectivity index (χ4n) is 1.27. The molecule has 0 aliphatic heterocycles. The normalized spacial score (nSPS) is 18.8. The molecule has 1 aliphatic carbocycles. The average Bonchev–Trinajstić information content (AvgIpc) is 2.80. The van der Waals surface area contributed by atoms with Crippen LogP contribution >= 0.6 is 0 Å². The summed E-state index contributed by atoms with van der Waals surface area (Å²) in [6.07, 6.45) is 1.38. The van der Waals surface area contributed by atoms with Crippen molar-refractivity contribution < 1.29 is 13.2 Å². The second-order valence-corrected chi connectivity index (χ2v) is 3.41. The van der Waals surface area contributed by atoms with Gasteiger partial charge in [0.05, 0.1) is 0 Å². The van der Waals surface area contributed by atoms with Crippen molar-refractivity contribution in [3.05, 3.63) is 35.1 Å². The topological polar surface area (TPSA) is 26.0 Å². The molecule has 0 unspecified atom stereocenters. The molecule has 0 spiro atoms. The van der Waals surface area contributed by atoms with Crippen LogP contribution in [0.3, 0.4) is 0 Å². The summed E-state index contributed by atoms with van der Waals surface area (Å²) in [5.41, 5.74) is 5.41. The zero-order valence-electron chi connectivity index (χ0n) is 6.78. The summed E-state index contributed by atoms with van der Waals surface area (Å²) in [6.45, 7) is 0. The van der Waals surface area contributed by atoms with E-state index in [2.05, 4.69) is 0 Å². The van der Waals surface area contributed by atoms with Crippen LogP contribution in [-0.4, -0.2) is 0 Å². The number of hydrogen-bond acceptors (Lipinski definition) is 1. The number of hydrogen-bond donors (Lipinski definition) is 1. The Labute approximate surface area is 73.4 Å². The van der Waals surface area contributed by atoms with E-state index in [1.165, 1.54) is 0 Å². The van der Waals surface area contributed by atoms with E-state index in [4.69, 9.17) is 5.73 Å². The third-order valence-corrected chi connectivity index (χ3v) is 2.35. The predicted octanol–water partition coefficient (Wildman–Crippen LogP) is 2.05. The Bertz CT molecular complexity index is 335. The minimum absolute atomic E-state index is 0.337. The molecule has 1 aromatic rings. The van der Waals surface area contributed by atoms with Gasteiger partial charge in [0.25, 0.3) is 0 Å². The van der Waals surface area contributed by atoms with Crippen LogP contribution in [0.15, 0.2) is 12.1 Å². The lowest BCUT2D eigenvalue weighted by Gasteiger charge is -2.09. The van der Waals surface area contributed by atoms with E-state index >= 15 is 0 Å². The fourth-order valence-corrected chi connectivity index (χ4v) is 1.27. The van der Waals surface area contributed by atoms with Gasteiger partial charge in [-0.15, -0.1) is 0 Å². The molecule has 1 saturated carbocycles. The molecule has 13 heavy (non-hydrogen) atoms.